The number of amides is 1. The molecule has 3 aromatic rings. The monoisotopic (exact) mass is 336 g/mol. The summed E-state index contributed by atoms with van der Waals surface area (Å²) in [6.45, 7) is 0. The third-order valence-corrected chi connectivity index (χ3v) is 4.61. The third-order valence-electron chi connectivity index (χ3n) is 4.61. The molecular formula is C19H20N4O2. The van der Waals surface area contributed by atoms with Gasteiger partial charge < -0.3 is 15.0 Å². The van der Waals surface area contributed by atoms with Crippen LogP contribution in [-0.4, -0.2) is 33.0 Å². The number of carbonyl (C=O) groups excluding carboxylic acids is 1. The summed E-state index contributed by atoms with van der Waals surface area (Å²) in [6.07, 6.45) is 8.61. The van der Waals surface area contributed by atoms with Gasteiger partial charge in [0, 0.05) is 29.3 Å². The van der Waals surface area contributed by atoms with E-state index in [4.69, 9.17) is 4.74 Å². The standard InChI is InChI=1S/C19H20N4O2/c24-19(17-11-13-3-1-2-4-16(13)23-17)22-14-5-7-15(8-6-14)25-18-12-20-9-10-21-18/h1-4,9-12,14-15,23H,5-8H2,(H,22,24). The topological polar surface area (TPSA) is 79.9 Å². The smallest absolute Gasteiger partial charge is 0.267 e. The average molecular weight is 336 g/mol. The van der Waals surface area contributed by atoms with Crippen LogP contribution in [0, 0.1) is 0 Å². The molecule has 1 aliphatic carbocycles. The Morgan fingerprint density at radius 1 is 1.16 bits per heavy atom. The molecule has 0 bridgehead atoms. The van der Waals surface area contributed by atoms with Crippen LogP contribution in [0.25, 0.3) is 10.9 Å². The second-order valence-corrected chi connectivity index (χ2v) is 6.38. The second-order valence-electron chi connectivity index (χ2n) is 6.38. The van der Waals surface area contributed by atoms with Crippen LogP contribution >= 0.6 is 0 Å². The zero-order chi connectivity index (χ0) is 17.1. The maximum absolute atomic E-state index is 12.5. The Hall–Kier alpha value is -2.89. The van der Waals surface area contributed by atoms with Gasteiger partial charge in [-0.25, -0.2) is 4.98 Å². The normalized spacial score (nSPS) is 20.3. The minimum absolute atomic E-state index is 0.0468. The number of benzene rings is 1. The second kappa shape index (κ2) is 6.93. The number of hydrogen-bond donors (Lipinski definition) is 2. The fraction of sp³-hybridized carbons (Fsp3) is 0.316. The molecule has 6 heteroatoms. The van der Waals surface area contributed by atoms with Gasteiger partial charge in [0.1, 0.15) is 11.8 Å². The number of nitrogens with zero attached hydrogens (tertiary/aromatic N) is 2. The van der Waals surface area contributed by atoms with Gasteiger partial charge in [-0.1, -0.05) is 18.2 Å². The van der Waals surface area contributed by atoms with E-state index in [1.54, 1.807) is 18.6 Å². The lowest BCUT2D eigenvalue weighted by Crippen LogP contribution is -2.39. The van der Waals surface area contributed by atoms with Gasteiger partial charge >= 0.3 is 0 Å². The fourth-order valence-electron chi connectivity index (χ4n) is 3.30. The van der Waals surface area contributed by atoms with E-state index in [0.717, 1.165) is 36.6 Å². The molecule has 1 aliphatic rings. The highest BCUT2D eigenvalue weighted by molar-refractivity contribution is 5.98. The van der Waals surface area contributed by atoms with Crippen LogP contribution in [0.4, 0.5) is 0 Å². The van der Waals surface area contributed by atoms with Crippen LogP contribution in [0.15, 0.2) is 48.9 Å². The first-order valence-corrected chi connectivity index (χ1v) is 8.59. The van der Waals surface area contributed by atoms with Gasteiger partial charge in [-0.2, -0.15) is 0 Å². The van der Waals surface area contributed by atoms with Crippen LogP contribution in [-0.2, 0) is 0 Å². The Balaban J connectivity index is 1.31. The summed E-state index contributed by atoms with van der Waals surface area (Å²) in [5, 5.41) is 4.18. The Labute approximate surface area is 145 Å². The Bertz CT molecular complexity index is 821. The molecule has 1 fully saturated rings. The number of nitrogens with one attached hydrogen (secondary N) is 2. The molecule has 0 atom stereocenters. The summed E-state index contributed by atoms with van der Waals surface area (Å²) in [4.78, 5) is 23.8. The molecule has 1 saturated carbocycles. The number of hydrogen-bond acceptors (Lipinski definition) is 4. The van der Waals surface area contributed by atoms with Crippen molar-refractivity contribution in [1.29, 1.82) is 0 Å². The van der Waals surface area contributed by atoms with Crippen molar-refractivity contribution in [2.45, 2.75) is 37.8 Å². The minimum Gasteiger partial charge on any atom is -0.473 e. The van der Waals surface area contributed by atoms with Gasteiger partial charge in [-0.15, -0.1) is 0 Å². The van der Waals surface area contributed by atoms with E-state index in [9.17, 15) is 4.79 Å². The molecule has 25 heavy (non-hydrogen) atoms. The summed E-state index contributed by atoms with van der Waals surface area (Å²) < 4.78 is 5.84. The van der Waals surface area contributed by atoms with E-state index >= 15 is 0 Å². The molecule has 2 heterocycles. The molecule has 128 valence electrons. The average Bonchev–Trinajstić information content (AvgIpc) is 3.09. The first kappa shape index (κ1) is 15.6. The Morgan fingerprint density at radius 2 is 2.00 bits per heavy atom. The quantitative estimate of drug-likeness (QED) is 0.767. The molecule has 1 aromatic carbocycles. The molecule has 0 radical (unpaired) electrons. The molecule has 6 nitrogen and oxygen atoms in total. The number of para-hydroxylation sites is 1. The maximum Gasteiger partial charge on any atom is 0.267 e. The summed E-state index contributed by atoms with van der Waals surface area (Å²) in [5.41, 5.74) is 1.59. The van der Waals surface area contributed by atoms with Crippen molar-refractivity contribution in [3.8, 4) is 5.88 Å². The van der Waals surface area contributed by atoms with Crippen molar-refractivity contribution < 1.29 is 9.53 Å². The minimum atomic E-state index is -0.0468. The molecule has 0 aliphatic heterocycles. The van der Waals surface area contributed by atoms with E-state index in [0.29, 0.717) is 11.6 Å². The number of fused-ring (bicyclic) bond motifs is 1. The van der Waals surface area contributed by atoms with Crippen LogP contribution in [0.5, 0.6) is 5.88 Å². The zero-order valence-electron chi connectivity index (χ0n) is 13.8. The van der Waals surface area contributed by atoms with Crippen LogP contribution < -0.4 is 10.1 Å². The molecule has 0 spiro atoms. The summed E-state index contributed by atoms with van der Waals surface area (Å²) >= 11 is 0. The van der Waals surface area contributed by atoms with Crippen LogP contribution in [0.2, 0.25) is 0 Å². The largest absolute Gasteiger partial charge is 0.473 e. The number of aromatic nitrogens is 3. The Morgan fingerprint density at radius 3 is 2.76 bits per heavy atom. The van der Waals surface area contributed by atoms with Gasteiger partial charge in [0.05, 0.1) is 6.20 Å². The van der Waals surface area contributed by atoms with Gasteiger partial charge in [-0.05, 0) is 37.8 Å². The lowest BCUT2D eigenvalue weighted by Gasteiger charge is -2.28. The number of carbonyl (C=O) groups is 1. The highest BCUT2D eigenvalue weighted by Crippen LogP contribution is 2.23. The summed E-state index contributed by atoms with van der Waals surface area (Å²) in [6, 6.07) is 9.97. The summed E-state index contributed by atoms with van der Waals surface area (Å²) in [5.74, 6) is 0.516. The van der Waals surface area contributed by atoms with Gasteiger partial charge in [0.2, 0.25) is 5.88 Å². The number of aromatic amines is 1. The third kappa shape index (κ3) is 3.63. The van der Waals surface area contributed by atoms with Crippen molar-refractivity contribution in [1.82, 2.24) is 20.3 Å². The zero-order valence-corrected chi connectivity index (χ0v) is 13.8. The van der Waals surface area contributed by atoms with E-state index in [-0.39, 0.29) is 18.1 Å². The van der Waals surface area contributed by atoms with Crippen LogP contribution in [0.1, 0.15) is 36.2 Å². The molecule has 1 amide bonds. The first-order chi connectivity index (χ1) is 12.3. The molecule has 2 aromatic heterocycles. The predicted molar refractivity (Wildman–Crippen MR) is 94.5 cm³/mol. The van der Waals surface area contributed by atoms with Gasteiger partial charge in [-0.3, -0.25) is 9.78 Å². The van der Waals surface area contributed by atoms with E-state index in [1.807, 2.05) is 30.3 Å². The fourth-order valence-corrected chi connectivity index (χ4v) is 3.30. The number of H-pyrrole nitrogens is 1. The van der Waals surface area contributed by atoms with Crippen molar-refractivity contribution >= 4 is 16.8 Å². The number of ether oxygens (including phenoxy) is 1. The Kier molecular flexibility index (Phi) is 4.33. The van der Waals surface area contributed by atoms with Crippen molar-refractivity contribution in [3.63, 3.8) is 0 Å². The molecule has 0 unspecified atom stereocenters. The first-order valence-electron chi connectivity index (χ1n) is 8.59. The van der Waals surface area contributed by atoms with Crippen molar-refractivity contribution in [2.75, 3.05) is 0 Å². The van der Waals surface area contributed by atoms with E-state index < -0.39 is 0 Å². The highest BCUT2D eigenvalue weighted by atomic mass is 16.5. The van der Waals surface area contributed by atoms with Crippen LogP contribution in [0.3, 0.4) is 0 Å². The molecule has 4 rings (SSSR count). The van der Waals surface area contributed by atoms with Crippen molar-refractivity contribution in [3.05, 3.63) is 54.6 Å². The van der Waals surface area contributed by atoms with Crippen molar-refractivity contribution in [2.24, 2.45) is 0 Å². The van der Waals surface area contributed by atoms with E-state index in [2.05, 4.69) is 20.3 Å². The number of rotatable bonds is 4. The SMILES string of the molecule is O=C(NC1CCC(Oc2cnccn2)CC1)c1cc2ccccc2[nH]1. The van der Waals surface area contributed by atoms with E-state index in [1.165, 1.54) is 0 Å². The maximum atomic E-state index is 12.5. The highest BCUT2D eigenvalue weighted by Gasteiger charge is 2.24. The lowest BCUT2D eigenvalue weighted by molar-refractivity contribution is 0.0886. The van der Waals surface area contributed by atoms with Gasteiger partial charge in [0.15, 0.2) is 0 Å². The molecular weight excluding hydrogens is 316 g/mol. The summed E-state index contributed by atoms with van der Waals surface area (Å²) in [7, 11) is 0. The molecule has 0 saturated heterocycles. The molecule has 2 N–H and O–H groups in total. The van der Waals surface area contributed by atoms with Gasteiger partial charge in [0.25, 0.3) is 5.91 Å². The predicted octanol–water partition coefficient (Wildman–Crippen LogP) is 3.08. The lowest BCUT2D eigenvalue weighted by atomic mass is 9.93.